The molecule has 23 heavy (non-hydrogen) atoms. The molecule has 1 N–H and O–H groups in total. The Morgan fingerprint density at radius 3 is 2.70 bits per heavy atom. The van der Waals surface area contributed by atoms with Crippen molar-refractivity contribution in [1.29, 1.82) is 0 Å². The van der Waals surface area contributed by atoms with Gasteiger partial charge in [0.05, 0.1) is 19.0 Å². The quantitative estimate of drug-likeness (QED) is 0.941. The van der Waals surface area contributed by atoms with Gasteiger partial charge in [-0.25, -0.2) is 4.98 Å². The second-order valence-electron chi connectivity index (χ2n) is 5.64. The maximum Gasteiger partial charge on any atom is 0.274 e. The molecular formula is C18H21N3O2. The van der Waals surface area contributed by atoms with Gasteiger partial charge in [0.25, 0.3) is 5.91 Å². The highest BCUT2D eigenvalue weighted by Gasteiger charge is 2.13. The number of rotatable bonds is 4. The van der Waals surface area contributed by atoms with Crippen molar-refractivity contribution in [3.8, 4) is 5.75 Å². The van der Waals surface area contributed by atoms with Crippen LogP contribution in [-0.2, 0) is 0 Å². The molecule has 0 radical (unpaired) electrons. The maximum atomic E-state index is 12.3. The molecule has 1 amide bonds. The van der Waals surface area contributed by atoms with E-state index in [1.165, 1.54) is 19.3 Å². The molecule has 1 saturated heterocycles. The first-order chi connectivity index (χ1) is 11.3. The molecule has 1 aromatic heterocycles. The molecule has 5 nitrogen and oxygen atoms in total. The number of piperidine rings is 1. The molecule has 2 heterocycles. The molecule has 1 aromatic carbocycles. The minimum Gasteiger partial charge on any atom is -0.497 e. The second-order valence-corrected chi connectivity index (χ2v) is 5.64. The van der Waals surface area contributed by atoms with E-state index in [4.69, 9.17) is 4.74 Å². The monoisotopic (exact) mass is 311 g/mol. The fraction of sp³-hybridized carbons (Fsp3) is 0.333. The van der Waals surface area contributed by atoms with Crippen LogP contribution in [0.15, 0.2) is 42.6 Å². The Bertz CT molecular complexity index is 664. The Morgan fingerprint density at radius 2 is 2.00 bits per heavy atom. The molecule has 0 unspecified atom stereocenters. The lowest BCUT2D eigenvalue weighted by molar-refractivity contribution is 0.102. The number of anilines is 2. The summed E-state index contributed by atoms with van der Waals surface area (Å²) < 4.78 is 5.15. The number of amides is 1. The summed E-state index contributed by atoms with van der Waals surface area (Å²) in [5, 5.41) is 2.84. The van der Waals surface area contributed by atoms with Gasteiger partial charge in [-0.1, -0.05) is 6.07 Å². The number of pyridine rings is 1. The lowest BCUT2D eigenvalue weighted by Crippen LogP contribution is -2.29. The van der Waals surface area contributed by atoms with E-state index in [-0.39, 0.29) is 5.91 Å². The molecule has 5 heteroatoms. The summed E-state index contributed by atoms with van der Waals surface area (Å²) in [4.78, 5) is 18.9. The highest BCUT2D eigenvalue weighted by atomic mass is 16.5. The fourth-order valence-electron chi connectivity index (χ4n) is 2.76. The molecule has 0 aliphatic carbocycles. The van der Waals surface area contributed by atoms with Crippen molar-refractivity contribution in [3.05, 3.63) is 48.3 Å². The first-order valence-electron chi connectivity index (χ1n) is 7.93. The Labute approximate surface area is 136 Å². The topological polar surface area (TPSA) is 54.5 Å². The molecule has 3 rings (SSSR count). The minimum absolute atomic E-state index is 0.219. The van der Waals surface area contributed by atoms with Gasteiger partial charge >= 0.3 is 0 Å². The zero-order valence-corrected chi connectivity index (χ0v) is 13.3. The number of nitrogens with one attached hydrogen (secondary N) is 1. The number of hydrogen-bond acceptors (Lipinski definition) is 4. The summed E-state index contributed by atoms with van der Waals surface area (Å²) in [6.45, 7) is 2.13. The van der Waals surface area contributed by atoms with Gasteiger partial charge in [0.1, 0.15) is 11.4 Å². The number of methoxy groups -OCH3 is 1. The van der Waals surface area contributed by atoms with Crippen LogP contribution in [0.1, 0.15) is 29.8 Å². The molecule has 0 saturated carbocycles. The molecule has 0 spiro atoms. The van der Waals surface area contributed by atoms with Crippen molar-refractivity contribution < 1.29 is 9.53 Å². The zero-order valence-electron chi connectivity index (χ0n) is 13.3. The normalized spacial score (nSPS) is 14.4. The predicted molar refractivity (Wildman–Crippen MR) is 91.2 cm³/mol. The number of carbonyl (C=O) groups is 1. The van der Waals surface area contributed by atoms with E-state index in [9.17, 15) is 4.79 Å². The number of benzene rings is 1. The van der Waals surface area contributed by atoms with Gasteiger partial charge in [0.15, 0.2) is 0 Å². The number of aromatic nitrogens is 1. The third kappa shape index (κ3) is 3.80. The Kier molecular flexibility index (Phi) is 4.76. The van der Waals surface area contributed by atoms with Crippen molar-refractivity contribution in [2.45, 2.75) is 19.3 Å². The highest BCUT2D eigenvalue weighted by molar-refractivity contribution is 6.03. The van der Waals surface area contributed by atoms with Gasteiger partial charge in [0, 0.05) is 24.8 Å². The van der Waals surface area contributed by atoms with E-state index in [2.05, 4.69) is 15.2 Å². The summed E-state index contributed by atoms with van der Waals surface area (Å²) in [5.41, 5.74) is 2.19. The molecular weight excluding hydrogens is 290 g/mol. The van der Waals surface area contributed by atoms with Gasteiger partial charge in [-0.15, -0.1) is 0 Å². The average molecular weight is 311 g/mol. The van der Waals surface area contributed by atoms with Crippen molar-refractivity contribution in [2.75, 3.05) is 30.4 Å². The average Bonchev–Trinajstić information content (AvgIpc) is 2.63. The van der Waals surface area contributed by atoms with E-state index in [1.54, 1.807) is 25.4 Å². The molecule has 1 aliphatic heterocycles. The Balaban J connectivity index is 1.67. The number of carbonyl (C=O) groups excluding carboxylic acids is 1. The highest BCUT2D eigenvalue weighted by Crippen LogP contribution is 2.20. The largest absolute Gasteiger partial charge is 0.497 e. The van der Waals surface area contributed by atoms with E-state index in [0.717, 1.165) is 18.8 Å². The summed E-state index contributed by atoms with van der Waals surface area (Å²) in [7, 11) is 1.60. The van der Waals surface area contributed by atoms with Crippen molar-refractivity contribution in [2.24, 2.45) is 0 Å². The van der Waals surface area contributed by atoms with Crippen LogP contribution in [0.4, 0.5) is 11.4 Å². The fourth-order valence-corrected chi connectivity index (χ4v) is 2.76. The number of nitrogens with zero attached hydrogens (tertiary/aromatic N) is 2. The molecule has 120 valence electrons. The third-order valence-corrected chi connectivity index (χ3v) is 4.03. The van der Waals surface area contributed by atoms with Crippen molar-refractivity contribution in [3.63, 3.8) is 0 Å². The molecule has 1 fully saturated rings. The summed E-state index contributed by atoms with van der Waals surface area (Å²) >= 11 is 0. The van der Waals surface area contributed by atoms with Crippen molar-refractivity contribution in [1.82, 2.24) is 4.98 Å². The van der Waals surface area contributed by atoms with Gasteiger partial charge in [-0.3, -0.25) is 4.79 Å². The maximum absolute atomic E-state index is 12.3. The molecule has 0 bridgehead atoms. The molecule has 0 atom stereocenters. The van der Waals surface area contributed by atoms with Crippen LogP contribution in [0.25, 0.3) is 0 Å². The van der Waals surface area contributed by atoms with Gasteiger partial charge in [-0.05, 0) is 43.5 Å². The molecule has 1 aliphatic rings. The lowest BCUT2D eigenvalue weighted by Gasteiger charge is -2.28. The summed E-state index contributed by atoms with van der Waals surface area (Å²) in [6.07, 6.45) is 5.52. The zero-order chi connectivity index (χ0) is 16.1. The van der Waals surface area contributed by atoms with Gasteiger partial charge in [0.2, 0.25) is 0 Å². The summed E-state index contributed by atoms with van der Waals surface area (Å²) in [5.74, 6) is 0.486. The van der Waals surface area contributed by atoms with Gasteiger partial charge in [-0.2, -0.15) is 0 Å². The minimum atomic E-state index is -0.219. The Morgan fingerprint density at radius 1 is 1.17 bits per heavy atom. The van der Waals surface area contributed by atoms with Gasteiger partial charge < -0.3 is 15.0 Å². The van der Waals surface area contributed by atoms with Crippen LogP contribution in [0.2, 0.25) is 0 Å². The standard InChI is InChI=1S/C18H21N3O2/c1-23-16-7-5-6-14(12-16)20-18(22)17-9-8-15(13-19-17)21-10-3-2-4-11-21/h5-9,12-13H,2-4,10-11H2,1H3,(H,20,22). The van der Waals surface area contributed by atoms with Crippen molar-refractivity contribution >= 4 is 17.3 Å². The van der Waals surface area contributed by atoms with E-state index < -0.39 is 0 Å². The lowest BCUT2D eigenvalue weighted by atomic mass is 10.1. The Hall–Kier alpha value is -2.56. The van der Waals surface area contributed by atoms with Crippen LogP contribution in [0.3, 0.4) is 0 Å². The smallest absolute Gasteiger partial charge is 0.274 e. The van der Waals surface area contributed by atoms with Crippen LogP contribution in [0, 0.1) is 0 Å². The van der Waals surface area contributed by atoms with E-state index in [0.29, 0.717) is 17.1 Å². The van der Waals surface area contributed by atoms with Crippen LogP contribution in [0.5, 0.6) is 5.75 Å². The van der Waals surface area contributed by atoms with Crippen LogP contribution < -0.4 is 15.0 Å². The first-order valence-corrected chi connectivity index (χ1v) is 7.93. The van der Waals surface area contributed by atoms with Crippen LogP contribution in [-0.4, -0.2) is 31.1 Å². The number of hydrogen-bond donors (Lipinski definition) is 1. The van der Waals surface area contributed by atoms with E-state index in [1.807, 2.05) is 24.3 Å². The summed E-state index contributed by atoms with van der Waals surface area (Å²) in [6, 6.07) is 11.0. The second kappa shape index (κ2) is 7.13. The number of ether oxygens (including phenoxy) is 1. The SMILES string of the molecule is COc1cccc(NC(=O)c2ccc(N3CCCCC3)cn2)c1. The first kappa shape index (κ1) is 15.3. The predicted octanol–water partition coefficient (Wildman–Crippen LogP) is 3.33. The van der Waals surface area contributed by atoms with Crippen LogP contribution >= 0.6 is 0 Å². The van der Waals surface area contributed by atoms with E-state index >= 15 is 0 Å². The third-order valence-electron chi connectivity index (χ3n) is 4.03. The molecule has 2 aromatic rings.